The van der Waals surface area contributed by atoms with Crippen LogP contribution in [0.5, 0.6) is 5.75 Å². The van der Waals surface area contributed by atoms with Crippen LogP contribution in [0.1, 0.15) is 45.6 Å². The molecular weight excluding hydrogens is 395 g/mol. The highest BCUT2D eigenvalue weighted by molar-refractivity contribution is 5.87. The topological polar surface area (TPSA) is 58.6 Å². The average molecular weight is 429 g/mol. The molecule has 0 saturated carbocycles. The summed E-state index contributed by atoms with van der Waals surface area (Å²) in [4.78, 5) is 27.5. The van der Waals surface area contributed by atoms with Crippen LogP contribution in [-0.4, -0.2) is 35.9 Å². The fourth-order valence-corrected chi connectivity index (χ4v) is 3.20. The molecule has 0 aliphatic heterocycles. The predicted molar refractivity (Wildman–Crippen MR) is 120 cm³/mol. The van der Waals surface area contributed by atoms with Gasteiger partial charge in [-0.2, -0.15) is 0 Å². The van der Waals surface area contributed by atoms with E-state index in [2.05, 4.69) is 5.32 Å². The van der Waals surface area contributed by atoms with Gasteiger partial charge < -0.3 is 15.0 Å². The summed E-state index contributed by atoms with van der Waals surface area (Å²) in [5.74, 6) is 0.469. The zero-order chi connectivity index (χ0) is 22.6. The van der Waals surface area contributed by atoms with Crippen molar-refractivity contribution in [3.05, 3.63) is 66.0 Å². The molecule has 168 valence electrons. The zero-order valence-electron chi connectivity index (χ0n) is 18.6. The second-order valence-corrected chi connectivity index (χ2v) is 7.98. The maximum absolute atomic E-state index is 13.3. The van der Waals surface area contributed by atoms with Crippen LogP contribution in [0.15, 0.2) is 54.6 Å². The largest absolute Gasteiger partial charge is 0.494 e. The van der Waals surface area contributed by atoms with E-state index in [-0.39, 0.29) is 30.6 Å². The number of halogens is 1. The number of hydrogen-bond acceptors (Lipinski definition) is 3. The van der Waals surface area contributed by atoms with Crippen LogP contribution in [0.25, 0.3) is 0 Å². The van der Waals surface area contributed by atoms with E-state index in [1.165, 1.54) is 12.1 Å². The number of nitrogens with zero attached hydrogens (tertiary/aromatic N) is 1. The van der Waals surface area contributed by atoms with E-state index >= 15 is 0 Å². The van der Waals surface area contributed by atoms with Gasteiger partial charge in [0.05, 0.1) is 6.61 Å². The molecule has 0 spiro atoms. The van der Waals surface area contributed by atoms with Gasteiger partial charge in [-0.05, 0) is 48.6 Å². The monoisotopic (exact) mass is 428 g/mol. The summed E-state index contributed by atoms with van der Waals surface area (Å²) >= 11 is 0. The van der Waals surface area contributed by atoms with Crippen molar-refractivity contribution in [1.82, 2.24) is 10.2 Å². The molecule has 2 rings (SSSR count). The summed E-state index contributed by atoms with van der Waals surface area (Å²) in [5, 5.41) is 2.93. The third-order valence-electron chi connectivity index (χ3n) is 4.88. The summed E-state index contributed by atoms with van der Waals surface area (Å²) in [6, 6.07) is 14.9. The lowest BCUT2D eigenvalue weighted by atomic mass is 10.1. The first-order chi connectivity index (χ1) is 14.9. The molecule has 0 aliphatic carbocycles. The minimum absolute atomic E-state index is 0.118. The Morgan fingerprint density at radius 2 is 1.74 bits per heavy atom. The Kier molecular flexibility index (Phi) is 10.0. The molecule has 31 heavy (non-hydrogen) atoms. The molecule has 1 atom stereocenters. The number of carbonyl (C=O) groups is 2. The summed E-state index contributed by atoms with van der Waals surface area (Å²) in [6.07, 6.45) is 1.30. The number of rotatable bonds is 12. The Morgan fingerprint density at radius 1 is 1.06 bits per heavy atom. The first-order valence-electron chi connectivity index (χ1n) is 10.9. The standard InChI is InChI=1S/C25H33FN2O3/c1-4-23(25(30)27-17-19(2)3)28(18-20-12-14-21(26)15-13-20)24(29)11-8-16-31-22-9-6-5-7-10-22/h5-7,9-10,12-15,19,23H,4,8,11,16-18H2,1-3H3,(H,27,30)/t23-/m0/s1. The summed E-state index contributed by atoms with van der Waals surface area (Å²) < 4.78 is 19.0. The van der Waals surface area contributed by atoms with Gasteiger partial charge in [-0.1, -0.05) is 51.1 Å². The van der Waals surface area contributed by atoms with Crippen molar-refractivity contribution >= 4 is 11.8 Å². The van der Waals surface area contributed by atoms with Crippen molar-refractivity contribution in [2.45, 2.75) is 52.6 Å². The summed E-state index contributed by atoms with van der Waals surface area (Å²) in [6.45, 7) is 7.16. The Bertz CT molecular complexity index is 809. The third kappa shape index (κ3) is 8.40. The first-order valence-corrected chi connectivity index (χ1v) is 10.9. The molecule has 0 saturated heterocycles. The molecule has 5 nitrogen and oxygen atoms in total. The van der Waals surface area contributed by atoms with Crippen molar-refractivity contribution in [2.24, 2.45) is 5.92 Å². The normalized spacial score (nSPS) is 11.8. The first kappa shape index (κ1) is 24.4. The number of amides is 2. The molecule has 0 radical (unpaired) electrons. The van der Waals surface area contributed by atoms with Gasteiger partial charge in [0, 0.05) is 19.5 Å². The second kappa shape index (κ2) is 12.7. The summed E-state index contributed by atoms with van der Waals surface area (Å²) in [7, 11) is 0. The predicted octanol–water partition coefficient (Wildman–Crippen LogP) is 4.56. The number of ether oxygens (including phenoxy) is 1. The number of benzene rings is 2. The quantitative estimate of drug-likeness (QED) is 0.504. The van der Waals surface area contributed by atoms with E-state index in [4.69, 9.17) is 4.74 Å². The van der Waals surface area contributed by atoms with Crippen LogP contribution in [0.2, 0.25) is 0 Å². The smallest absolute Gasteiger partial charge is 0.242 e. The maximum Gasteiger partial charge on any atom is 0.242 e. The van der Waals surface area contributed by atoms with Gasteiger partial charge >= 0.3 is 0 Å². The molecule has 0 bridgehead atoms. The van der Waals surface area contributed by atoms with E-state index in [0.717, 1.165) is 11.3 Å². The Labute approximate surface area is 184 Å². The second-order valence-electron chi connectivity index (χ2n) is 7.98. The van der Waals surface area contributed by atoms with E-state index in [9.17, 15) is 14.0 Å². The van der Waals surface area contributed by atoms with Crippen LogP contribution in [-0.2, 0) is 16.1 Å². The van der Waals surface area contributed by atoms with Crippen LogP contribution in [0.4, 0.5) is 4.39 Å². The zero-order valence-corrected chi connectivity index (χ0v) is 18.6. The molecule has 0 unspecified atom stereocenters. The van der Waals surface area contributed by atoms with Gasteiger partial charge in [0.15, 0.2) is 0 Å². The SMILES string of the molecule is CC[C@@H](C(=O)NCC(C)C)N(Cc1ccc(F)cc1)C(=O)CCCOc1ccccc1. The van der Waals surface area contributed by atoms with Gasteiger partial charge in [-0.3, -0.25) is 9.59 Å². The van der Waals surface area contributed by atoms with Gasteiger partial charge in [-0.25, -0.2) is 4.39 Å². The lowest BCUT2D eigenvalue weighted by molar-refractivity contribution is -0.141. The minimum Gasteiger partial charge on any atom is -0.494 e. The number of para-hydroxylation sites is 1. The van der Waals surface area contributed by atoms with Crippen molar-refractivity contribution in [3.8, 4) is 5.75 Å². The number of nitrogens with one attached hydrogen (secondary N) is 1. The van der Waals surface area contributed by atoms with Crippen molar-refractivity contribution < 1.29 is 18.7 Å². The molecule has 0 heterocycles. The third-order valence-corrected chi connectivity index (χ3v) is 4.88. The maximum atomic E-state index is 13.3. The Hall–Kier alpha value is -2.89. The van der Waals surface area contributed by atoms with E-state index in [1.807, 2.05) is 51.1 Å². The van der Waals surface area contributed by atoms with Crippen LogP contribution >= 0.6 is 0 Å². The van der Waals surface area contributed by atoms with Gasteiger partial charge in [-0.15, -0.1) is 0 Å². The fourth-order valence-electron chi connectivity index (χ4n) is 3.20. The van der Waals surface area contributed by atoms with Gasteiger partial charge in [0.1, 0.15) is 17.6 Å². The highest BCUT2D eigenvalue weighted by atomic mass is 19.1. The van der Waals surface area contributed by atoms with Crippen molar-refractivity contribution in [3.63, 3.8) is 0 Å². The van der Waals surface area contributed by atoms with Gasteiger partial charge in [0.2, 0.25) is 11.8 Å². The molecule has 2 aromatic rings. The highest BCUT2D eigenvalue weighted by Crippen LogP contribution is 2.16. The molecule has 1 N–H and O–H groups in total. The molecule has 2 amide bonds. The molecule has 2 aromatic carbocycles. The van der Waals surface area contributed by atoms with Crippen molar-refractivity contribution in [2.75, 3.05) is 13.2 Å². The molecule has 0 aliphatic rings. The molecule has 0 fully saturated rings. The number of carbonyl (C=O) groups excluding carboxylic acids is 2. The molecule has 6 heteroatoms. The average Bonchev–Trinajstić information content (AvgIpc) is 2.77. The molecular formula is C25H33FN2O3. The Morgan fingerprint density at radius 3 is 2.35 bits per heavy atom. The van der Waals surface area contributed by atoms with Crippen molar-refractivity contribution in [1.29, 1.82) is 0 Å². The van der Waals surface area contributed by atoms with E-state index < -0.39 is 6.04 Å². The number of hydrogen-bond donors (Lipinski definition) is 1. The molecule has 0 aromatic heterocycles. The highest BCUT2D eigenvalue weighted by Gasteiger charge is 2.28. The van der Waals surface area contributed by atoms with E-state index in [0.29, 0.717) is 31.9 Å². The van der Waals surface area contributed by atoms with Crippen LogP contribution in [0.3, 0.4) is 0 Å². The minimum atomic E-state index is -0.577. The van der Waals surface area contributed by atoms with Gasteiger partial charge in [0.25, 0.3) is 0 Å². The lowest BCUT2D eigenvalue weighted by Crippen LogP contribution is -2.49. The van der Waals surface area contributed by atoms with Crippen LogP contribution < -0.4 is 10.1 Å². The Balaban J connectivity index is 2.04. The summed E-state index contributed by atoms with van der Waals surface area (Å²) in [5.41, 5.74) is 0.783. The van der Waals surface area contributed by atoms with E-state index in [1.54, 1.807) is 17.0 Å². The van der Waals surface area contributed by atoms with Crippen LogP contribution in [0, 0.1) is 11.7 Å². The lowest BCUT2D eigenvalue weighted by Gasteiger charge is -2.31. The fraction of sp³-hybridized carbons (Fsp3) is 0.440.